The van der Waals surface area contributed by atoms with Crippen molar-refractivity contribution in [2.75, 3.05) is 93.4 Å². The molecule has 4 bridgehead atoms. The summed E-state index contributed by atoms with van der Waals surface area (Å²) in [6.45, 7) is 7.19. The van der Waals surface area contributed by atoms with Gasteiger partial charge in [0, 0.05) is 78.5 Å². The number of methoxy groups -OCH3 is 2. The number of carbonyl (C=O) groups is 7. The van der Waals surface area contributed by atoms with Gasteiger partial charge in [-0.15, -0.1) is 0 Å². The molecular formula is C59H86ClN9O17. The summed E-state index contributed by atoms with van der Waals surface area (Å²) in [4.78, 5) is 94.6. The van der Waals surface area contributed by atoms with E-state index in [1.165, 1.54) is 47.1 Å². The minimum atomic E-state index is -2.09. The quantitative estimate of drug-likeness (QED) is 0.0313. The average Bonchev–Trinajstić information content (AvgIpc) is 1.80. The molecule has 6 amide bonds. The number of aliphatic hydroxyl groups is 4. The summed E-state index contributed by atoms with van der Waals surface area (Å²) in [5.74, 6) is -4.77. The molecule has 9 N–H and O–H groups in total. The van der Waals surface area contributed by atoms with Crippen LogP contribution >= 0.6 is 11.6 Å². The fourth-order valence-electron chi connectivity index (χ4n) is 9.94. The van der Waals surface area contributed by atoms with E-state index in [9.17, 15) is 54.0 Å². The fraction of sp³-hybridized carbons (Fsp3) is 0.576. The van der Waals surface area contributed by atoms with Gasteiger partial charge < -0.3 is 79.2 Å². The zero-order valence-electron chi connectivity index (χ0n) is 50.7. The van der Waals surface area contributed by atoms with Crippen LogP contribution in [0.5, 0.6) is 5.75 Å². The Kier molecular flexibility index (Phi) is 26.8. The Labute approximate surface area is 506 Å². The molecule has 5 rings (SSSR count). The molecule has 2 aliphatic rings. The van der Waals surface area contributed by atoms with E-state index in [0.717, 1.165) is 32.6 Å². The number of fused-ring (bicyclic) bond motifs is 5. The third-order valence-electron chi connectivity index (χ3n) is 15.2. The molecule has 476 valence electrons. The predicted octanol–water partition coefficient (Wildman–Crippen LogP) is 1.60. The Bertz CT molecular complexity index is 2890. The Hall–Kier alpha value is -6.72. The number of amides is 6. The summed E-state index contributed by atoms with van der Waals surface area (Å²) in [6.07, 6.45) is -4.13. The summed E-state index contributed by atoms with van der Waals surface area (Å²) >= 11 is 6.78. The van der Waals surface area contributed by atoms with Crippen molar-refractivity contribution >= 4 is 69.8 Å². The van der Waals surface area contributed by atoms with E-state index < -0.39 is 95.9 Å². The maximum absolute atomic E-state index is 14.3. The van der Waals surface area contributed by atoms with Crippen molar-refractivity contribution in [3.63, 3.8) is 0 Å². The van der Waals surface area contributed by atoms with Crippen LogP contribution in [0.2, 0.25) is 5.02 Å². The SMILES string of the molecule is CNN(C)Cc1cc2ccccc2n1CCC(=O)NCCNC(=O)C(O)C(O)C(=O)NCCOCCOCCC(=O)N(C)C(C)C(=O)OC1CC(=O)N(C)c2cc(cc(OC)c2Cl)CC(C)=CC=CC(OC)C2(O)CC(OC(=O)N2)C(C)CC1(C)O. The lowest BCUT2D eigenvalue weighted by Crippen LogP contribution is -2.63. The average molecular weight is 1230 g/mol. The fourth-order valence-corrected chi connectivity index (χ4v) is 10.2. The molecule has 0 spiro atoms. The largest absolute Gasteiger partial charge is 0.495 e. The number of para-hydroxylation sites is 1. The van der Waals surface area contributed by atoms with Gasteiger partial charge >= 0.3 is 12.1 Å². The number of halogens is 1. The van der Waals surface area contributed by atoms with Crippen molar-refractivity contribution in [2.24, 2.45) is 5.92 Å². The summed E-state index contributed by atoms with van der Waals surface area (Å²) < 4.78 is 35.9. The van der Waals surface area contributed by atoms with Crippen molar-refractivity contribution in [1.29, 1.82) is 0 Å². The molecule has 0 radical (unpaired) electrons. The van der Waals surface area contributed by atoms with Crippen LogP contribution < -0.4 is 36.3 Å². The number of hydrogen-bond donors (Lipinski definition) is 9. The Morgan fingerprint density at radius 1 is 0.919 bits per heavy atom. The summed E-state index contributed by atoms with van der Waals surface area (Å²) in [7, 11) is 9.42. The first kappa shape index (κ1) is 70.0. The highest BCUT2D eigenvalue weighted by Crippen LogP contribution is 2.39. The lowest BCUT2D eigenvalue weighted by Gasteiger charge is -2.43. The number of rotatable bonds is 26. The molecular weight excluding hydrogens is 1140 g/mol. The van der Waals surface area contributed by atoms with Crippen LogP contribution in [-0.4, -0.2) is 213 Å². The summed E-state index contributed by atoms with van der Waals surface area (Å²) in [5, 5.41) is 57.7. The summed E-state index contributed by atoms with van der Waals surface area (Å²) in [6, 6.07) is 12.2. The number of aromatic nitrogens is 1. The highest BCUT2D eigenvalue weighted by atomic mass is 35.5. The van der Waals surface area contributed by atoms with E-state index in [-0.39, 0.29) is 94.1 Å². The Morgan fingerprint density at radius 3 is 2.26 bits per heavy atom. The van der Waals surface area contributed by atoms with Gasteiger partial charge in [0.25, 0.3) is 11.8 Å². The second kappa shape index (κ2) is 32.9. The number of allylic oxidation sites excluding steroid dienone is 3. The van der Waals surface area contributed by atoms with E-state index in [4.69, 9.17) is 40.0 Å². The standard InChI is InChI=1S/C59H86ClN9O17/c1-36-14-13-17-46(82-10)59(80)34-45(85-57(78)65-59)37(2)33-58(4,79)47(32-50(72)68(8)43-29-39(28-36)30-44(81-9)51(43)60)86-56(77)38(3)67(7)49(71)19-24-83-26-27-84-25-22-64-55(76)53(74)52(73)54(75)63-21-20-62-48(70)18-23-69-41(35-66(6)61-5)31-40-15-11-12-16-42(40)69/h11-17,29-31,37-38,45-47,52-53,61,73-74,79-80H,18-28,32-35H2,1-10H3,(H,62,70)(H,63,75)(H,64,76)(H,65,78). The molecule has 86 heavy (non-hydrogen) atoms. The van der Waals surface area contributed by atoms with Gasteiger partial charge in [-0.1, -0.05) is 60.5 Å². The number of nitrogens with zero attached hydrogens (tertiary/aromatic N) is 4. The Balaban J connectivity index is 1.06. The van der Waals surface area contributed by atoms with Gasteiger partial charge in [0.2, 0.25) is 17.7 Å². The van der Waals surface area contributed by atoms with E-state index in [1.54, 1.807) is 31.2 Å². The molecule has 3 aromatic rings. The number of esters is 1. The van der Waals surface area contributed by atoms with Crippen molar-refractivity contribution in [1.82, 2.24) is 41.2 Å². The number of anilines is 1. The van der Waals surface area contributed by atoms with Gasteiger partial charge in [-0.05, 0) is 81.8 Å². The van der Waals surface area contributed by atoms with Crippen LogP contribution in [0.3, 0.4) is 0 Å². The number of benzene rings is 2. The lowest BCUT2D eigenvalue weighted by atomic mass is 9.81. The minimum absolute atomic E-state index is 0.0288. The van der Waals surface area contributed by atoms with Crippen LogP contribution in [0.25, 0.3) is 10.9 Å². The maximum atomic E-state index is 14.3. The number of aryl methyl sites for hydroxylation is 1. The number of hydrogen-bond acceptors (Lipinski definition) is 19. The molecule has 2 aliphatic heterocycles. The first-order chi connectivity index (χ1) is 40.7. The van der Waals surface area contributed by atoms with Gasteiger partial charge in [-0.2, -0.15) is 0 Å². The second-order valence-corrected chi connectivity index (χ2v) is 22.2. The van der Waals surface area contributed by atoms with Gasteiger partial charge in [0.1, 0.15) is 35.1 Å². The minimum Gasteiger partial charge on any atom is -0.495 e. The van der Waals surface area contributed by atoms with Gasteiger partial charge in [0.15, 0.2) is 17.9 Å². The van der Waals surface area contributed by atoms with Crippen LogP contribution in [0, 0.1) is 5.92 Å². The molecule has 9 unspecified atom stereocenters. The molecule has 1 aromatic heterocycles. The topological polar surface area (TPSA) is 331 Å². The molecule has 1 saturated heterocycles. The molecule has 9 atom stereocenters. The number of alkyl carbamates (subject to hydrolysis) is 1. The highest BCUT2D eigenvalue weighted by molar-refractivity contribution is 6.35. The zero-order chi connectivity index (χ0) is 63.5. The highest BCUT2D eigenvalue weighted by Gasteiger charge is 2.49. The van der Waals surface area contributed by atoms with Gasteiger partial charge in [-0.3, -0.25) is 34.7 Å². The van der Waals surface area contributed by atoms with Gasteiger partial charge in [0.05, 0.1) is 64.2 Å². The van der Waals surface area contributed by atoms with E-state index in [1.807, 2.05) is 56.4 Å². The number of hydrazine groups is 1. The number of aliphatic hydroxyl groups excluding tert-OH is 2. The van der Waals surface area contributed by atoms with Gasteiger partial charge in [-0.25, -0.2) is 14.6 Å². The molecule has 27 heteroatoms. The third kappa shape index (κ3) is 19.6. The zero-order valence-corrected chi connectivity index (χ0v) is 51.4. The van der Waals surface area contributed by atoms with Crippen LogP contribution in [0.1, 0.15) is 71.1 Å². The number of carbonyl (C=O) groups excluding carboxylic acids is 7. The molecule has 0 saturated carbocycles. The van der Waals surface area contributed by atoms with E-state index in [0.29, 0.717) is 19.5 Å². The monoisotopic (exact) mass is 1230 g/mol. The maximum Gasteiger partial charge on any atom is 0.409 e. The van der Waals surface area contributed by atoms with Crippen LogP contribution in [-0.2, 0) is 72.0 Å². The first-order valence-electron chi connectivity index (χ1n) is 28.4. The van der Waals surface area contributed by atoms with Crippen molar-refractivity contribution in [3.05, 3.63) is 82.5 Å². The normalized spacial score (nSPS) is 22.2. The number of ether oxygens (including phenoxy) is 6. The molecule has 2 aromatic carbocycles. The van der Waals surface area contributed by atoms with Crippen molar-refractivity contribution in [2.45, 2.75) is 127 Å². The van der Waals surface area contributed by atoms with E-state index >= 15 is 0 Å². The second-order valence-electron chi connectivity index (χ2n) is 21.8. The van der Waals surface area contributed by atoms with Crippen LogP contribution in [0.4, 0.5) is 10.5 Å². The van der Waals surface area contributed by atoms with Crippen LogP contribution in [0.15, 0.2) is 66.3 Å². The third-order valence-corrected chi connectivity index (χ3v) is 15.6. The molecule has 26 nitrogen and oxygen atoms in total. The predicted molar refractivity (Wildman–Crippen MR) is 317 cm³/mol. The smallest absolute Gasteiger partial charge is 0.409 e. The first-order valence-corrected chi connectivity index (χ1v) is 28.8. The molecule has 0 aliphatic carbocycles. The molecule has 3 heterocycles. The summed E-state index contributed by atoms with van der Waals surface area (Å²) in [5.41, 5.74) is 3.05. The van der Waals surface area contributed by atoms with Crippen molar-refractivity contribution < 1.29 is 82.4 Å². The number of likely N-dealkylation sites (N-methyl/N-ethyl adjacent to an activating group) is 1. The molecule has 1 fully saturated rings. The van der Waals surface area contributed by atoms with E-state index in [2.05, 4.69) is 37.3 Å². The number of nitrogens with one attached hydrogen (secondary N) is 5. The van der Waals surface area contributed by atoms with Crippen molar-refractivity contribution in [3.8, 4) is 5.75 Å². The lowest BCUT2D eigenvalue weighted by molar-refractivity contribution is -0.177. The Morgan fingerprint density at radius 2 is 1.58 bits per heavy atom.